The Morgan fingerprint density at radius 1 is 1.19 bits per heavy atom. The van der Waals surface area contributed by atoms with Crippen molar-refractivity contribution < 1.29 is 4.79 Å². The smallest absolute Gasteiger partial charge is 0.289 e. The number of rotatable bonds is 5. The average Bonchev–Trinajstić information content (AvgIpc) is 3.35. The molecule has 1 aromatic carbocycles. The SMILES string of the molecule is CCC(C)(C)NC(=O)c1nc(N2CCCC2)c2c(C)c(C)n(-c3cccc(Cl)c3)c2n1. The van der Waals surface area contributed by atoms with Gasteiger partial charge in [0.15, 0.2) is 5.65 Å². The number of halogens is 1. The maximum absolute atomic E-state index is 13.1. The van der Waals surface area contributed by atoms with Crippen molar-refractivity contribution >= 4 is 34.4 Å². The molecular weight excluding hydrogens is 410 g/mol. The van der Waals surface area contributed by atoms with E-state index < -0.39 is 0 Å². The number of carbonyl (C=O) groups is 1. The molecule has 0 spiro atoms. The second kappa shape index (κ2) is 8.15. The van der Waals surface area contributed by atoms with Gasteiger partial charge in [-0.25, -0.2) is 9.97 Å². The van der Waals surface area contributed by atoms with Crippen LogP contribution in [-0.4, -0.2) is 39.1 Å². The van der Waals surface area contributed by atoms with Crippen molar-refractivity contribution in [1.29, 1.82) is 0 Å². The topological polar surface area (TPSA) is 63.1 Å². The summed E-state index contributed by atoms with van der Waals surface area (Å²) in [7, 11) is 0. The molecule has 3 heterocycles. The normalized spacial score (nSPS) is 14.5. The lowest BCUT2D eigenvalue weighted by Gasteiger charge is -2.24. The predicted molar refractivity (Wildman–Crippen MR) is 127 cm³/mol. The number of hydrogen-bond donors (Lipinski definition) is 1. The molecule has 0 bridgehead atoms. The largest absolute Gasteiger partial charge is 0.356 e. The number of benzene rings is 1. The molecule has 1 aliphatic rings. The van der Waals surface area contributed by atoms with Gasteiger partial charge in [-0.05, 0) is 70.7 Å². The van der Waals surface area contributed by atoms with Crippen LogP contribution in [0, 0.1) is 13.8 Å². The van der Waals surface area contributed by atoms with E-state index in [4.69, 9.17) is 21.6 Å². The number of aromatic nitrogens is 3. The predicted octanol–water partition coefficient (Wildman–Crippen LogP) is 5.21. The van der Waals surface area contributed by atoms with E-state index in [0.29, 0.717) is 5.02 Å². The lowest BCUT2D eigenvalue weighted by molar-refractivity contribution is 0.0901. The van der Waals surface area contributed by atoms with Crippen molar-refractivity contribution in [3.8, 4) is 5.69 Å². The molecule has 31 heavy (non-hydrogen) atoms. The zero-order valence-corrected chi connectivity index (χ0v) is 19.7. The van der Waals surface area contributed by atoms with Gasteiger partial charge in [0.05, 0.1) is 5.39 Å². The van der Waals surface area contributed by atoms with Gasteiger partial charge in [0, 0.05) is 35.0 Å². The van der Waals surface area contributed by atoms with E-state index in [1.54, 1.807) is 0 Å². The monoisotopic (exact) mass is 439 g/mol. The summed E-state index contributed by atoms with van der Waals surface area (Å²) in [6.07, 6.45) is 3.07. The molecule has 1 fully saturated rings. The molecule has 164 valence electrons. The molecule has 0 unspecified atom stereocenters. The second-order valence-electron chi connectivity index (χ2n) is 8.98. The summed E-state index contributed by atoms with van der Waals surface area (Å²) in [5.41, 5.74) is 3.53. The molecule has 4 rings (SSSR count). The lowest BCUT2D eigenvalue weighted by Crippen LogP contribution is -2.43. The molecule has 2 aromatic heterocycles. The van der Waals surface area contributed by atoms with E-state index in [2.05, 4.69) is 35.6 Å². The first kappa shape index (κ1) is 21.6. The molecule has 0 radical (unpaired) electrons. The van der Waals surface area contributed by atoms with Crippen LogP contribution in [0.25, 0.3) is 16.7 Å². The molecule has 1 N–H and O–H groups in total. The summed E-state index contributed by atoms with van der Waals surface area (Å²) in [6, 6.07) is 7.72. The highest BCUT2D eigenvalue weighted by molar-refractivity contribution is 6.30. The first-order chi connectivity index (χ1) is 14.7. The number of hydrogen-bond acceptors (Lipinski definition) is 4. The van der Waals surface area contributed by atoms with E-state index >= 15 is 0 Å². The van der Waals surface area contributed by atoms with Gasteiger partial charge in [0.1, 0.15) is 5.82 Å². The maximum atomic E-state index is 13.1. The Morgan fingerprint density at radius 3 is 2.55 bits per heavy atom. The van der Waals surface area contributed by atoms with Crippen LogP contribution in [-0.2, 0) is 0 Å². The highest BCUT2D eigenvalue weighted by Crippen LogP contribution is 2.35. The Bertz CT molecular complexity index is 1140. The summed E-state index contributed by atoms with van der Waals surface area (Å²) >= 11 is 6.29. The van der Waals surface area contributed by atoms with Crippen molar-refractivity contribution in [3.05, 3.63) is 46.4 Å². The summed E-state index contributed by atoms with van der Waals surface area (Å²) in [5, 5.41) is 4.75. The Kier molecular flexibility index (Phi) is 5.69. The minimum atomic E-state index is -0.329. The maximum Gasteiger partial charge on any atom is 0.289 e. The summed E-state index contributed by atoms with van der Waals surface area (Å²) in [4.78, 5) is 25.0. The fourth-order valence-electron chi connectivity index (χ4n) is 4.08. The Labute approximate surface area is 188 Å². The van der Waals surface area contributed by atoms with Crippen molar-refractivity contribution in [1.82, 2.24) is 19.9 Å². The third-order valence-electron chi connectivity index (χ3n) is 6.35. The van der Waals surface area contributed by atoms with Crippen molar-refractivity contribution in [2.24, 2.45) is 0 Å². The van der Waals surface area contributed by atoms with Gasteiger partial charge >= 0.3 is 0 Å². The molecule has 0 aliphatic carbocycles. The van der Waals surface area contributed by atoms with Crippen molar-refractivity contribution in [2.45, 2.75) is 59.4 Å². The van der Waals surface area contributed by atoms with E-state index in [1.807, 2.05) is 38.1 Å². The number of aryl methyl sites for hydroxylation is 1. The van der Waals surface area contributed by atoms with Crippen LogP contribution < -0.4 is 10.2 Å². The minimum Gasteiger partial charge on any atom is -0.356 e. The summed E-state index contributed by atoms with van der Waals surface area (Å²) in [6.45, 7) is 12.1. The Hall–Kier alpha value is -2.60. The number of amides is 1. The van der Waals surface area contributed by atoms with Crippen LogP contribution in [0.5, 0.6) is 0 Å². The molecule has 1 saturated heterocycles. The third-order valence-corrected chi connectivity index (χ3v) is 6.58. The molecule has 1 aliphatic heterocycles. The van der Waals surface area contributed by atoms with Crippen LogP contribution in [0.15, 0.2) is 24.3 Å². The standard InChI is InChI=1S/C24H30ClN5O/c1-6-24(4,5)28-23(31)20-26-21(29-12-7-8-13-29)19-15(2)16(3)30(22(19)27-20)18-11-9-10-17(25)14-18/h9-11,14H,6-8,12-13H2,1-5H3,(H,28,31). The number of nitrogens with one attached hydrogen (secondary N) is 1. The van der Waals surface area contributed by atoms with Gasteiger partial charge in [0.2, 0.25) is 5.82 Å². The summed E-state index contributed by atoms with van der Waals surface area (Å²) in [5.74, 6) is 0.809. The van der Waals surface area contributed by atoms with Gasteiger partial charge in [-0.1, -0.05) is 24.6 Å². The molecule has 0 saturated carbocycles. The fourth-order valence-corrected chi connectivity index (χ4v) is 4.27. The van der Waals surface area contributed by atoms with Crippen LogP contribution in [0.4, 0.5) is 5.82 Å². The highest BCUT2D eigenvalue weighted by atomic mass is 35.5. The van der Waals surface area contributed by atoms with Crippen molar-refractivity contribution in [2.75, 3.05) is 18.0 Å². The highest BCUT2D eigenvalue weighted by Gasteiger charge is 2.27. The van der Waals surface area contributed by atoms with E-state index in [9.17, 15) is 4.79 Å². The fraction of sp³-hybridized carbons (Fsp3) is 0.458. The second-order valence-corrected chi connectivity index (χ2v) is 9.42. The number of anilines is 1. The zero-order chi connectivity index (χ0) is 22.3. The number of carbonyl (C=O) groups excluding carboxylic acids is 1. The third kappa shape index (κ3) is 4.01. The van der Waals surface area contributed by atoms with Crippen LogP contribution in [0.3, 0.4) is 0 Å². The molecule has 3 aromatic rings. The van der Waals surface area contributed by atoms with Crippen LogP contribution >= 0.6 is 11.6 Å². The van der Waals surface area contributed by atoms with Crippen LogP contribution in [0.2, 0.25) is 5.02 Å². The van der Waals surface area contributed by atoms with Gasteiger partial charge in [-0.2, -0.15) is 0 Å². The van der Waals surface area contributed by atoms with E-state index in [1.165, 1.54) is 0 Å². The lowest BCUT2D eigenvalue weighted by atomic mass is 10.0. The molecule has 1 amide bonds. The Balaban J connectivity index is 1.97. The molecule has 0 atom stereocenters. The first-order valence-electron chi connectivity index (χ1n) is 10.9. The van der Waals surface area contributed by atoms with E-state index in [-0.39, 0.29) is 17.3 Å². The van der Waals surface area contributed by atoms with Crippen molar-refractivity contribution in [3.63, 3.8) is 0 Å². The summed E-state index contributed by atoms with van der Waals surface area (Å²) < 4.78 is 2.08. The van der Waals surface area contributed by atoms with Gasteiger partial charge in [-0.3, -0.25) is 9.36 Å². The van der Waals surface area contributed by atoms with Crippen LogP contribution in [0.1, 0.15) is 61.9 Å². The molecule has 7 heteroatoms. The quantitative estimate of drug-likeness (QED) is 0.592. The number of fused-ring (bicyclic) bond motifs is 1. The van der Waals surface area contributed by atoms with Gasteiger partial charge < -0.3 is 10.2 Å². The average molecular weight is 440 g/mol. The first-order valence-corrected chi connectivity index (χ1v) is 11.3. The molecular formula is C24H30ClN5O. The molecule has 6 nitrogen and oxygen atoms in total. The van der Waals surface area contributed by atoms with E-state index in [0.717, 1.165) is 66.1 Å². The minimum absolute atomic E-state index is 0.205. The zero-order valence-electron chi connectivity index (χ0n) is 18.9. The Morgan fingerprint density at radius 2 is 1.90 bits per heavy atom. The van der Waals surface area contributed by atoms with Gasteiger partial charge in [-0.15, -0.1) is 0 Å². The van der Waals surface area contributed by atoms with Gasteiger partial charge in [0.25, 0.3) is 5.91 Å². The number of nitrogens with zero attached hydrogens (tertiary/aromatic N) is 4.